The molecule has 0 aliphatic heterocycles. The number of hydrogen-bond donors (Lipinski definition) is 2. The summed E-state index contributed by atoms with van der Waals surface area (Å²) in [4.78, 5) is 26.3. The molecule has 1 amide bonds. The first kappa shape index (κ1) is 22.3. The van der Waals surface area contributed by atoms with Gasteiger partial charge in [0.15, 0.2) is 5.78 Å². The van der Waals surface area contributed by atoms with Crippen LogP contribution in [0.1, 0.15) is 77.8 Å². The topological polar surface area (TPSA) is 66.4 Å². The zero-order valence-corrected chi connectivity index (χ0v) is 19.3. The van der Waals surface area contributed by atoms with Crippen molar-refractivity contribution in [3.63, 3.8) is 0 Å². The van der Waals surface area contributed by atoms with E-state index >= 15 is 0 Å². The van der Waals surface area contributed by atoms with Gasteiger partial charge in [0.25, 0.3) is 5.91 Å². The largest absolute Gasteiger partial charge is 0.390 e. The van der Waals surface area contributed by atoms with Crippen LogP contribution in [0, 0.1) is 29.5 Å². The maximum atomic E-state index is 14.2. The molecule has 6 rings (SSSR count). The highest BCUT2D eigenvalue weighted by atomic mass is 19.1. The molecule has 4 saturated carbocycles. The van der Waals surface area contributed by atoms with Gasteiger partial charge in [-0.15, -0.1) is 0 Å². The molecule has 2 aromatic carbocycles. The Labute approximate surface area is 194 Å². The van der Waals surface area contributed by atoms with Crippen molar-refractivity contribution in [3.05, 3.63) is 70.5 Å². The van der Waals surface area contributed by atoms with E-state index in [4.69, 9.17) is 0 Å². The summed E-state index contributed by atoms with van der Waals surface area (Å²) in [6.45, 7) is 4.15. The molecular weight excluding hydrogens is 417 g/mol. The summed E-state index contributed by atoms with van der Waals surface area (Å²) in [6, 6.07) is 11.2. The minimum Gasteiger partial charge on any atom is -0.390 e. The lowest BCUT2D eigenvalue weighted by Crippen LogP contribution is -2.61. The molecule has 0 aromatic heterocycles. The Bertz CT molecular complexity index is 1080. The van der Waals surface area contributed by atoms with Gasteiger partial charge in [0.2, 0.25) is 0 Å². The molecule has 4 nitrogen and oxygen atoms in total. The maximum absolute atomic E-state index is 14.2. The molecule has 4 bridgehead atoms. The van der Waals surface area contributed by atoms with Crippen LogP contribution in [0.15, 0.2) is 42.5 Å². The van der Waals surface area contributed by atoms with E-state index in [0.29, 0.717) is 41.2 Å². The summed E-state index contributed by atoms with van der Waals surface area (Å²) < 4.78 is 14.2. The number of ketones is 1. The first-order chi connectivity index (χ1) is 15.7. The zero-order valence-electron chi connectivity index (χ0n) is 19.3. The minimum absolute atomic E-state index is 0.0386. The lowest BCUT2D eigenvalue weighted by Gasteiger charge is -2.58. The smallest absolute Gasteiger partial charge is 0.251 e. The number of aliphatic hydroxyl groups is 1. The van der Waals surface area contributed by atoms with Crippen LogP contribution in [0.4, 0.5) is 4.39 Å². The first-order valence-corrected chi connectivity index (χ1v) is 12.2. The highest BCUT2D eigenvalue weighted by molar-refractivity contribution is 6.10. The number of amides is 1. The summed E-state index contributed by atoms with van der Waals surface area (Å²) in [6.07, 6.45) is 5.29. The van der Waals surface area contributed by atoms with Crippen LogP contribution in [0.2, 0.25) is 0 Å². The summed E-state index contributed by atoms with van der Waals surface area (Å²) in [7, 11) is 0. The van der Waals surface area contributed by atoms with Gasteiger partial charge in [-0.2, -0.15) is 0 Å². The Morgan fingerprint density at radius 1 is 1.06 bits per heavy atom. The van der Waals surface area contributed by atoms with Crippen molar-refractivity contribution in [2.75, 3.05) is 0 Å². The zero-order chi connectivity index (χ0) is 23.3. The molecule has 0 heterocycles. The number of rotatable bonds is 6. The van der Waals surface area contributed by atoms with Crippen LogP contribution in [0.25, 0.3) is 0 Å². The van der Waals surface area contributed by atoms with E-state index in [0.717, 1.165) is 37.7 Å². The number of nitrogens with one attached hydrogen (secondary N) is 1. The average molecular weight is 450 g/mol. The number of benzene rings is 2. The average Bonchev–Trinajstić information content (AvgIpc) is 2.74. The molecule has 33 heavy (non-hydrogen) atoms. The molecule has 0 radical (unpaired) electrons. The Morgan fingerprint density at radius 3 is 2.39 bits per heavy atom. The molecule has 0 saturated heterocycles. The summed E-state index contributed by atoms with van der Waals surface area (Å²) in [5, 5.41) is 14.1. The number of halogens is 1. The molecule has 174 valence electrons. The predicted octanol–water partition coefficient (Wildman–Crippen LogP) is 4.92. The molecule has 0 spiro atoms. The van der Waals surface area contributed by atoms with Gasteiger partial charge in [0, 0.05) is 17.2 Å². The molecule has 4 fully saturated rings. The molecule has 2 atom stereocenters. The first-order valence-electron chi connectivity index (χ1n) is 12.2. The predicted molar refractivity (Wildman–Crippen MR) is 125 cm³/mol. The van der Waals surface area contributed by atoms with Gasteiger partial charge < -0.3 is 10.4 Å². The quantitative estimate of drug-likeness (QED) is 0.615. The van der Waals surface area contributed by atoms with Crippen molar-refractivity contribution in [1.82, 2.24) is 5.32 Å². The van der Waals surface area contributed by atoms with Gasteiger partial charge >= 0.3 is 0 Å². The fourth-order valence-corrected chi connectivity index (χ4v) is 6.81. The van der Waals surface area contributed by atoms with E-state index in [1.54, 1.807) is 30.3 Å². The van der Waals surface area contributed by atoms with E-state index in [1.807, 2.05) is 0 Å². The third-order valence-electron chi connectivity index (χ3n) is 7.90. The lowest BCUT2D eigenvalue weighted by molar-refractivity contribution is -0.136. The molecule has 2 N–H and O–H groups in total. The van der Waals surface area contributed by atoms with Crippen molar-refractivity contribution in [3.8, 4) is 0 Å². The van der Waals surface area contributed by atoms with Crippen LogP contribution in [0.5, 0.6) is 0 Å². The molecular formula is C28H32FNO3. The fraction of sp³-hybridized carbons (Fsp3) is 0.500. The van der Waals surface area contributed by atoms with Gasteiger partial charge in [0.1, 0.15) is 5.82 Å². The van der Waals surface area contributed by atoms with Crippen molar-refractivity contribution in [1.29, 1.82) is 0 Å². The SMILES string of the molecule is CC(C)Cc1cc(C(=O)c2ccccc2F)ccc1C(=O)NC1C2CC3CC1CC(O)(C3)C2. The molecule has 4 aliphatic rings. The second kappa shape index (κ2) is 8.35. The van der Waals surface area contributed by atoms with Gasteiger partial charge in [0.05, 0.1) is 11.2 Å². The van der Waals surface area contributed by atoms with E-state index in [2.05, 4.69) is 19.2 Å². The lowest BCUT2D eigenvalue weighted by atomic mass is 9.52. The monoisotopic (exact) mass is 449 g/mol. The summed E-state index contributed by atoms with van der Waals surface area (Å²) in [5.74, 6) is 0.519. The van der Waals surface area contributed by atoms with Crippen molar-refractivity contribution < 1.29 is 19.1 Å². The normalized spacial score (nSPS) is 30.0. The number of hydrogen-bond acceptors (Lipinski definition) is 3. The molecule has 2 aromatic rings. The molecule has 4 aliphatic carbocycles. The Morgan fingerprint density at radius 2 is 1.76 bits per heavy atom. The van der Waals surface area contributed by atoms with Crippen LogP contribution in [-0.2, 0) is 6.42 Å². The third-order valence-corrected chi connectivity index (χ3v) is 7.90. The van der Waals surface area contributed by atoms with Crippen LogP contribution in [0.3, 0.4) is 0 Å². The third kappa shape index (κ3) is 4.23. The summed E-state index contributed by atoms with van der Waals surface area (Å²) in [5.41, 5.74) is 1.30. The molecule has 5 heteroatoms. The van der Waals surface area contributed by atoms with Crippen molar-refractivity contribution >= 4 is 11.7 Å². The minimum atomic E-state index is -0.543. The Hall–Kier alpha value is -2.53. The van der Waals surface area contributed by atoms with Gasteiger partial charge in [-0.25, -0.2) is 4.39 Å². The van der Waals surface area contributed by atoms with Crippen LogP contribution < -0.4 is 5.32 Å². The van der Waals surface area contributed by atoms with Crippen molar-refractivity contribution in [2.45, 2.75) is 64.0 Å². The van der Waals surface area contributed by atoms with Crippen LogP contribution in [-0.4, -0.2) is 28.4 Å². The van der Waals surface area contributed by atoms with E-state index in [1.165, 1.54) is 12.1 Å². The van der Waals surface area contributed by atoms with E-state index in [9.17, 15) is 19.1 Å². The number of carbonyl (C=O) groups excluding carboxylic acids is 2. The summed E-state index contributed by atoms with van der Waals surface area (Å²) >= 11 is 0. The Balaban J connectivity index is 1.40. The second-order valence-corrected chi connectivity index (χ2v) is 11.0. The number of carbonyl (C=O) groups is 2. The van der Waals surface area contributed by atoms with Gasteiger partial charge in [-0.3, -0.25) is 9.59 Å². The highest BCUT2D eigenvalue weighted by Gasteiger charge is 2.55. The maximum Gasteiger partial charge on any atom is 0.251 e. The van der Waals surface area contributed by atoms with Gasteiger partial charge in [-0.05, 0) is 92.0 Å². The van der Waals surface area contributed by atoms with Crippen molar-refractivity contribution in [2.24, 2.45) is 23.7 Å². The highest BCUT2D eigenvalue weighted by Crippen LogP contribution is 2.55. The standard InChI is InChI=1S/C28H32FNO3/c1-16(2)9-19-12-18(26(31)23-5-3-4-6-24(23)29)7-8-22(19)27(32)30-25-20-10-17-11-21(25)15-28(33,13-17)14-20/h3-8,12,16-17,20-21,25,33H,9-11,13-15H2,1-2H3,(H,30,32). The Kier molecular flexibility index (Phi) is 5.64. The van der Waals surface area contributed by atoms with Crippen LogP contribution >= 0.6 is 0 Å². The second-order valence-electron chi connectivity index (χ2n) is 11.0. The van der Waals surface area contributed by atoms with E-state index < -0.39 is 11.4 Å². The van der Waals surface area contributed by atoms with E-state index in [-0.39, 0.29) is 23.3 Å². The van der Waals surface area contributed by atoms with Gasteiger partial charge in [-0.1, -0.05) is 32.0 Å². The molecule has 2 unspecified atom stereocenters. The fourth-order valence-electron chi connectivity index (χ4n) is 6.81.